The maximum absolute atomic E-state index is 12.5. The summed E-state index contributed by atoms with van der Waals surface area (Å²) in [6.45, 7) is 1.61. The van der Waals surface area contributed by atoms with Crippen molar-refractivity contribution in [1.82, 2.24) is 24.6 Å². The number of nitrogens with zero attached hydrogens (tertiary/aromatic N) is 5. The fourth-order valence-electron chi connectivity index (χ4n) is 2.86. The lowest BCUT2D eigenvalue weighted by Gasteiger charge is -2.32. The Balaban J connectivity index is 1.64. The summed E-state index contributed by atoms with van der Waals surface area (Å²) < 4.78 is 1.66. The summed E-state index contributed by atoms with van der Waals surface area (Å²) in [7, 11) is 1.82. The number of amides is 1. The molecule has 0 spiro atoms. The Morgan fingerprint density at radius 2 is 2.29 bits per heavy atom. The Kier molecular flexibility index (Phi) is 3.94. The van der Waals surface area contributed by atoms with E-state index in [0.717, 1.165) is 38.0 Å². The highest BCUT2D eigenvalue weighted by Gasteiger charge is 2.25. The first-order valence-electron chi connectivity index (χ1n) is 7.25. The molecule has 21 heavy (non-hydrogen) atoms. The van der Waals surface area contributed by atoms with E-state index in [0.29, 0.717) is 11.5 Å². The van der Waals surface area contributed by atoms with Crippen LogP contribution in [0.25, 0.3) is 0 Å². The number of likely N-dealkylation sites (tertiary alicyclic amines) is 1. The molecule has 0 aromatic carbocycles. The number of hydrogen-bond acceptors (Lipinski definition) is 4. The molecule has 110 valence electrons. The van der Waals surface area contributed by atoms with Gasteiger partial charge in [-0.3, -0.25) is 19.4 Å². The van der Waals surface area contributed by atoms with Gasteiger partial charge in [0.15, 0.2) is 0 Å². The number of aromatic nitrogens is 4. The average Bonchev–Trinajstić information content (AvgIpc) is 2.94. The van der Waals surface area contributed by atoms with Crippen molar-refractivity contribution in [2.75, 3.05) is 13.1 Å². The van der Waals surface area contributed by atoms with Crippen molar-refractivity contribution in [3.05, 3.63) is 42.2 Å². The van der Waals surface area contributed by atoms with Crippen LogP contribution in [-0.4, -0.2) is 43.6 Å². The van der Waals surface area contributed by atoms with Gasteiger partial charge in [-0.15, -0.1) is 0 Å². The molecule has 1 fully saturated rings. The second kappa shape index (κ2) is 6.03. The predicted octanol–water partition coefficient (Wildman–Crippen LogP) is 1.30. The van der Waals surface area contributed by atoms with Crippen LogP contribution in [0.4, 0.5) is 0 Å². The van der Waals surface area contributed by atoms with Crippen LogP contribution in [0.5, 0.6) is 0 Å². The zero-order valence-electron chi connectivity index (χ0n) is 12.1. The molecule has 0 radical (unpaired) electrons. The van der Waals surface area contributed by atoms with Crippen molar-refractivity contribution < 1.29 is 4.79 Å². The largest absolute Gasteiger partial charge is 0.338 e. The molecule has 1 atom stereocenters. The van der Waals surface area contributed by atoms with E-state index >= 15 is 0 Å². The molecule has 1 amide bonds. The van der Waals surface area contributed by atoms with Crippen molar-refractivity contribution in [3.63, 3.8) is 0 Å². The van der Waals surface area contributed by atoms with E-state index in [1.54, 1.807) is 29.5 Å². The number of carbonyl (C=O) groups is 1. The van der Waals surface area contributed by atoms with E-state index in [1.807, 2.05) is 18.1 Å². The van der Waals surface area contributed by atoms with E-state index in [-0.39, 0.29) is 5.91 Å². The molecule has 3 rings (SSSR count). The smallest absolute Gasteiger partial charge is 0.257 e. The zero-order valence-corrected chi connectivity index (χ0v) is 12.1. The van der Waals surface area contributed by atoms with Gasteiger partial charge in [0.1, 0.15) is 0 Å². The van der Waals surface area contributed by atoms with Gasteiger partial charge >= 0.3 is 0 Å². The third-order valence-electron chi connectivity index (χ3n) is 3.87. The van der Waals surface area contributed by atoms with E-state index in [4.69, 9.17) is 0 Å². The molecule has 0 N–H and O–H groups in total. The van der Waals surface area contributed by atoms with Crippen LogP contribution in [-0.2, 0) is 13.5 Å². The van der Waals surface area contributed by atoms with E-state index in [2.05, 4.69) is 15.1 Å². The second-order valence-corrected chi connectivity index (χ2v) is 5.56. The minimum absolute atomic E-state index is 0.0759. The van der Waals surface area contributed by atoms with Crippen LogP contribution in [0.1, 0.15) is 28.9 Å². The number of aryl methyl sites for hydroxylation is 1. The number of carbonyl (C=O) groups excluding carboxylic acids is 1. The first-order valence-corrected chi connectivity index (χ1v) is 7.25. The Morgan fingerprint density at radius 1 is 1.38 bits per heavy atom. The molecular weight excluding hydrogens is 266 g/mol. The van der Waals surface area contributed by atoms with Crippen molar-refractivity contribution >= 4 is 5.91 Å². The summed E-state index contributed by atoms with van der Waals surface area (Å²) in [4.78, 5) is 22.8. The SMILES string of the molecule is Cn1cc(C(=O)N2CCC[C@H](Cc3cnccn3)C2)cn1. The van der Waals surface area contributed by atoms with Gasteiger partial charge in [0.25, 0.3) is 5.91 Å². The summed E-state index contributed by atoms with van der Waals surface area (Å²) in [5, 5.41) is 4.07. The topological polar surface area (TPSA) is 63.9 Å². The van der Waals surface area contributed by atoms with Gasteiger partial charge in [-0.1, -0.05) is 0 Å². The van der Waals surface area contributed by atoms with Gasteiger partial charge in [-0.2, -0.15) is 5.10 Å². The highest BCUT2D eigenvalue weighted by Crippen LogP contribution is 2.21. The number of piperidine rings is 1. The fourth-order valence-corrected chi connectivity index (χ4v) is 2.86. The van der Waals surface area contributed by atoms with Crippen LogP contribution in [0.3, 0.4) is 0 Å². The van der Waals surface area contributed by atoms with Gasteiger partial charge in [-0.05, 0) is 25.2 Å². The molecule has 1 aliphatic heterocycles. The van der Waals surface area contributed by atoms with E-state index < -0.39 is 0 Å². The molecule has 1 saturated heterocycles. The first kappa shape index (κ1) is 13.7. The predicted molar refractivity (Wildman–Crippen MR) is 77.6 cm³/mol. The first-order chi connectivity index (χ1) is 10.2. The molecule has 6 nitrogen and oxygen atoms in total. The minimum Gasteiger partial charge on any atom is -0.338 e. The maximum atomic E-state index is 12.5. The normalized spacial score (nSPS) is 18.7. The number of rotatable bonds is 3. The van der Waals surface area contributed by atoms with Crippen LogP contribution in [0.15, 0.2) is 31.0 Å². The van der Waals surface area contributed by atoms with Crippen molar-refractivity contribution in [2.24, 2.45) is 13.0 Å². The summed E-state index contributed by atoms with van der Waals surface area (Å²) in [5.41, 5.74) is 1.66. The number of hydrogen-bond donors (Lipinski definition) is 0. The van der Waals surface area contributed by atoms with Crippen molar-refractivity contribution in [2.45, 2.75) is 19.3 Å². The highest BCUT2D eigenvalue weighted by atomic mass is 16.2. The van der Waals surface area contributed by atoms with Crippen molar-refractivity contribution in [1.29, 1.82) is 0 Å². The monoisotopic (exact) mass is 285 g/mol. The Labute approximate surface area is 123 Å². The lowest BCUT2D eigenvalue weighted by Crippen LogP contribution is -2.40. The second-order valence-electron chi connectivity index (χ2n) is 5.56. The van der Waals surface area contributed by atoms with E-state index in [1.165, 1.54) is 0 Å². The Morgan fingerprint density at radius 3 is 3.00 bits per heavy atom. The zero-order chi connectivity index (χ0) is 14.7. The standard InChI is InChI=1S/C15H19N5O/c1-19-11-13(8-18-19)15(21)20-6-2-3-12(10-20)7-14-9-16-4-5-17-14/h4-5,8-9,11-12H,2-3,6-7,10H2,1H3/t12-/m1/s1. The summed E-state index contributed by atoms with van der Waals surface area (Å²) in [5.74, 6) is 0.531. The van der Waals surface area contributed by atoms with Gasteiger partial charge in [-0.25, -0.2) is 0 Å². The molecule has 0 saturated carbocycles. The third kappa shape index (κ3) is 3.26. The van der Waals surface area contributed by atoms with Gasteiger partial charge in [0, 0.05) is 44.9 Å². The van der Waals surface area contributed by atoms with Crippen LogP contribution < -0.4 is 0 Å². The maximum Gasteiger partial charge on any atom is 0.257 e. The van der Waals surface area contributed by atoms with Gasteiger partial charge < -0.3 is 4.90 Å². The van der Waals surface area contributed by atoms with Gasteiger partial charge in [0.2, 0.25) is 0 Å². The Bertz CT molecular complexity index is 610. The van der Waals surface area contributed by atoms with Crippen LogP contribution in [0, 0.1) is 5.92 Å². The average molecular weight is 285 g/mol. The van der Waals surface area contributed by atoms with Gasteiger partial charge in [0.05, 0.1) is 17.5 Å². The summed E-state index contributed by atoms with van der Waals surface area (Å²) >= 11 is 0. The summed E-state index contributed by atoms with van der Waals surface area (Å²) in [6.07, 6.45) is 11.7. The third-order valence-corrected chi connectivity index (χ3v) is 3.87. The lowest BCUT2D eigenvalue weighted by molar-refractivity contribution is 0.0672. The molecule has 0 unspecified atom stereocenters. The molecule has 1 aliphatic rings. The minimum atomic E-state index is 0.0759. The Hall–Kier alpha value is -2.24. The molecule has 0 aliphatic carbocycles. The molecule has 6 heteroatoms. The highest BCUT2D eigenvalue weighted by molar-refractivity contribution is 5.93. The van der Waals surface area contributed by atoms with E-state index in [9.17, 15) is 4.79 Å². The van der Waals surface area contributed by atoms with Crippen LogP contribution >= 0.6 is 0 Å². The fraction of sp³-hybridized carbons (Fsp3) is 0.467. The van der Waals surface area contributed by atoms with Crippen LogP contribution in [0.2, 0.25) is 0 Å². The molecular formula is C15H19N5O. The molecule has 0 bridgehead atoms. The lowest BCUT2D eigenvalue weighted by atomic mass is 9.93. The quantitative estimate of drug-likeness (QED) is 0.853. The molecule has 3 heterocycles. The molecule has 2 aromatic rings. The molecule has 2 aromatic heterocycles. The summed E-state index contributed by atoms with van der Waals surface area (Å²) in [6, 6.07) is 0. The van der Waals surface area contributed by atoms with Crippen molar-refractivity contribution in [3.8, 4) is 0 Å².